The Hall–Kier alpha value is -1.35. The van der Waals surface area contributed by atoms with Crippen LogP contribution >= 0.6 is 0 Å². The van der Waals surface area contributed by atoms with Crippen molar-refractivity contribution < 1.29 is 0 Å². The van der Waals surface area contributed by atoms with Crippen LogP contribution in [0.1, 0.15) is 24.1 Å². The Morgan fingerprint density at radius 3 is 2.73 bits per heavy atom. The smallest absolute Gasteiger partial charge is 0.131 e. The molecule has 1 aliphatic heterocycles. The van der Waals surface area contributed by atoms with Gasteiger partial charge in [0.15, 0.2) is 0 Å². The quantitative estimate of drug-likeness (QED) is 0.789. The maximum Gasteiger partial charge on any atom is 0.131 e. The molecule has 0 fully saturated rings. The maximum atomic E-state index is 5.95. The zero-order valence-electron chi connectivity index (χ0n) is 9.27. The van der Waals surface area contributed by atoms with Crippen molar-refractivity contribution in [1.29, 1.82) is 0 Å². The van der Waals surface area contributed by atoms with E-state index < -0.39 is 0 Å². The molecule has 0 spiro atoms. The topological polar surface area (TPSA) is 41.6 Å². The summed E-state index contributed by atoms with van der Waals surface area (Å²) in [5.74, 6) is 1.07. The minimum Gasteiger partial charge on any atom is -0.358 e. The van der Waals surface area contributed by atoms with Crippen LogP contribution < -0.4 is 5.73 Å². The van der Waals surface area contributed by atoms with Gasteiger partial charge in [-0.3, -0.25) is 4.99 Å². The van der Waals surface area contributed by atoms with Gasteiger partial charge in [0, 0.05) is 25.2 Å². The first-order valence-corrected chi connectivity index (χ1v) is 5.30. The lowest BCUT2D eigenvalue weighted by atomic mass is 10.0. The Morgan fingerprint density at radius 2 is 2.13 bits per heavy atom. The number of aliphatic imine (C=N–C) groups is 1. The minimum atomic E-state index is 0.0536. The molecule has 1 heterocycles. The third-order valence-electron chi connectivity index (χ3n) is 2.75. The van der Waals surface area contributed by atoms with Gasteiger partial charge in [0.25, 0.3) is 0 Å². The van der Waals surface area contributed by atoms with E-state index in [0.29, 0.717) is 0 Å². The molecule has 1 atom stereocenters. The highest BCUT2D eigenvalue weighted by molar-refractivity contribution is 6.01. The van der Waals surface area contributed by atoms with E-state index in [4.69, 9.17) is 5.73 Å². The number of amidine groups is 1. The monoisotopic (exact) mass is 203 g/mol. The molecule has 15 heavy (non-hydrogen) atoms. The summed E-state index contributed by atoms with van der Waals surface area (Å²) >= 11 is 0. The molecule has 0 saturated carbocycles. The van der Waals surface area contributed by atoms with Gasteiger partial charge >= 0.3 is 0 Å². The molecule has 0 radical (unpaired) electrons. The Bertz CT molecular complexity index is 382. The molecular weight excluding hydrogens is 186 g/mol. The maximum absolute atomic E-state index is 5.95. The van der Waals surface area contributed by atoms with E-state index in [-0.39, 0.29) is 6.04 Å². The molecule has 0 saturated heterocycles. The fourth-order valence-electron chi connectivity index (χ4n) is 1.92. The Kier molecular flexibility index (Phi) is 2.73. The highest BCUT2D eigenvalue weighted by Crippen LogP contribution is 2.19. The average molecular weight is 203 g/mol. The second kappa shape index (κ2) is 4.03. The first kappa shape index (κ1) is 10.2. The number of benzene rings is 1. The van der Waals surface area contributed by atoms with Gasteiger partial charge in [-0.05, 0) is 12.5 Å². The first-order valence-electron chi connectivity index (χ1n) is 5.30. The molecule has 80 valence electrons. The largest absolute Gasteiger partial charge is 0.358 e. The van der Waals surface area contributed by atoms with E-state index in [9.17, 15) is 0 Å². The fourth-order valence-corrected chi connectivity index (χ4v) is 1.92. The number of rotatable bonds is 2. The molecule has 3 nitrogen and oxygen atoms in total. The van der Waals surface area contributed by atoms with Crippen LogP contribution in [0.2, 0.25) is 0 Å². The number of nitrogens with two attached hydrogens (primary N) is 1. The van der Waals surface area contributed by atoms with Gasteiger partial charge in [-0.1, -0.05) is 24.3 Å². The van der Waals surface area contributed by atoms with Crippen molar-refractivity contribution in [3.63, 3.8) is 0 Å². The molecule has 0 aromatic heterocycles. The number of nitrogens with zero attached hydrogens (tertiary/aromatic N) is 2. The standard InChI is InChI=1S/C12H17N3/c1-9(13)10-5-3-4-6-11(10)12-14-7-8-15(12)2/h3-6,9H,7-8,13H2,1-2H3. The van der Waals surface area contributed by atoms with Gasteiger partial charge < -0.3 is 10.6 Å². The van der Waals surface area contributed by atoms with Gasteiger partial charge in [-0.25, -0.2) is 0 Å². The lowest BCUT2D eigenvalue weighted by molar-refractivity contribution is 0.556. The van der Waals surface area contributed by atoms with Gasteiger partial charge in [0.05, 0.1) is 6.54 Å². The molecule has 1 aromatic carbocycles. The van der Waals surface area contributed by atoms with Crippen molar-refractivity contribution in [3.05, 3.63) is 35.4 Å². The van der Waals surface area contributed by atoms with Crippen LogP contribution in [0.5, 0.6) is 0 Å². The lowest BCUT2D eigenvalue weighted by Crippen LogP contribution is -2.25. The summed E-state index contributed by atoms with van der Waals surface area (Å²) in [5, 5.41) is 0. The Morgan fingerprint density at radius 1 is 1.40 bits per heavy atom. The van der Waals surface area contributed by atoms with Crippen LogP contribution in [0.25, 0.3) is 0 Å². The summed E-state index contributed by atoms with van der Waals surface area (Å²) in [6.45, 7) is 3.90. The fraction of sp³-hybridized carbons (Fsp3) is 0.417. The van der Waals surface area contributed by atoms with Crippen LogP contribution in [0, 0.1) is 0 Å². The highest BCUT2D eigenvalue weighted by atomic mass is 15.2. The summed E-state index contributed by atoms with van der Waals surface area (Å²) in [4.78, 5) is 6.70. The van der Waals surface area contributed by atoms with Gasteiger partial charge in [0.1, 0.15) is 5.84 Å². The summed E-state index contributed by atoms with van der Waals surface area (Å²) < 4.78 is 0. The van der Waals surface area contributed by atoms with Crippen LogP contribution in [0.3, 0.4) is 0 Å². The molecule has 0 aliphatic carbocycles. The second-order valence-electron chi connectivity index (χ2n) is 4.00. The third kappa shape index (κ3) is 1.88. The van der Waals surface area contributed by atoms with E-state index >= 15 is 0 Å². The van der Waals surface area contributed by atoms with Crippen molar-refractivity contribution in [1.82, 2.24) is 4.90 Å². The lowest BCUT2D eigenvalue weighted by Gasteiger charge is -2.18. The molecule has 0 amide bonds. The third-order valence-corrected chi connectivity index (χ3v) is 2.75. The van der Waals surface area contributed by atoms with Crippen molar-refractivity contribution in [2.24, 2.45) is 10.7 Å². The van der Waals surface area contributed by atoms with Crippen LogP contribution in [-0.2, 0) is 0 Å². The predicted molar refractivity (Wildman–Crippen MR) is 63.1 cm³/mol. The summed E-state index contributed by atoms with van der Waals surface area (Å²) in [7, 11) is 2.07. The normalized spacial score (nSPS) is 17.8. The summed E-state index contributed by atoms with van der Waals surface area (Å²) in [6, 6.07) is 8.29. The minimum absolute atomic E-state index is 0.0536. The van der Waals surface area contributed by atoms with Gasteiger partial charge in [-0.2, -0.15) is 0 Å². The van der Waals surface area contributed by atoms with Crippen molar-refractivity contribution in [2.45, 2.75) is 13.0 Å². The molecule has 1 aromatic rings. The Balaban J connectivity index is 2.43. The van der Waals surface area contributed by atoms with Crippen LogP contribution in [0.4, 0.5) is 0 Å². The van der Waals surface area contributed by atoms with Crippen molar-refractivity contribution >= 4 is 5.84 Å². The molecule has 2 N–H and O–H groups in total. The molecule has 0 bridgehead atoms. The zero-order valence-corrected chi connectivity index (χ0v) is 9.27. The highest BCUT2D eigenvalue weighted by Gasteiger charge is 2.18. The van der Waals surface area contributed by atoms with E-state index in [1.165, 1.54) is 11.1 Å². The van der Waals surface area contributed by atoms with E-state index in [2.05, 4.69) is 29.1 Å². The molecule has 1 unspecified atom stereocenters. The van der Waals surface area contributed by atoms with Crippen LogP contribution in [0.15, 0.2) is 29.3 Å². The molecule has 2 rings (SSSR count). The average Bonchev–Trinajstić information content (AvgIpc) is 2.64. The number of hydrogen-bond acceptors (Lipinski definition) is 3. The predicted octanol–water partition coefficient (Wildman–Crippen LogP) is 1.40. The SMILES string of the molecule is CC(N)c1ccccc1C1=NCCN1C. The van der Waals surface area contributed by atoms with E-state index in [1.807, 2.05) is 19.1 Å². The number of hydrogen-bond donors (Lipinski definition) is 1. The molecule has 3 heteroatoms. The number of likely N-dealkylation sites (N-methyl/N-ethyl adjacent to an activating group) is 1. The van der Waals surface area contributed by atoms with E-state index in [1.54, 1.807) is 0 Å². The van der Waals surface area contributed by atoms with Crippen molar-refractivity contribution in [3.8, 4) is 0 Å². The second-order valence-corrected chi connectivity index (χ2v) is 4.00. The summed E-state index contributed by atoms with van der Waals surface area (Å²) in [6.07, 6.45) is 0. The zero-order chi connectivity index (χ0) is 10.8. The first-order chi connectivity index (χ1) is 7.20. The molecule has 1 aliphatic rings. The van der Waals surface area contributed by atoms with Crippen molar-refractivity contribution in [2.75, 3.05) is 20.1 Å². The van der Waals surface area contributed by atoms with Gasteiger partial charge in [-0.15, -0.1) is 0 Å². The molecular formula is C12H17N3. The Labute approximate surface area is 90.6 Å². The van der Waals surface area contributed by atoms with Crippen LogP contribution in [-0.4, -0.2) is 30.9 Å². The summed E-state index contributed by atoms with van der Waals surface area (Å²) in [5.41, 5.74) is 8.30. The van der Waals surface area contributed by atoms with Gasteiger partial charge in [0.2, 0.25) is 0 Å². The van der Waals surface area contributed by atoms with E-state index in [0.717, 1.165) is 18.9 Å².